The molecule has 106 valence electrons. The van der Waals surface area contributed by atoms with Gasteiger partial charge in [-0.15, -0.1) is 0 Å². The maximum atomic E-state index is 11.8. The number of nitrogens with two attached hydrogens (primary N) is 1. The van der Waals surface area contributed by atoms with Crippen molar-refractivity contribution in [2.75, 3.05) is 0 Å². The lowest BCUT2D eigenvalue weighted by molar-refractivity contribution is 0.100. The van der Waals surface area contributed by atoms with Gasteiger partial charge in [0.25, 0.3) is 5.91 Å². The number of aromatic nitrogens is 2. The summed E-state index contributed by atoms with van der Waals surface area (Å²) in [6, 6.07) is 19.4. The molecular weight excluding hydrogens is 274 g/mol. The third-order valence-electron chi connectivity index (χ3n) is 3.80. The van der Waals surface area contributed by atoms with E-state index < -0.39 is 5.91 Å². The first-order valence-electron chi connectivity index (χ1n) is 7.01. The van der Waals surface area contributed by atoms with Gasteiger partial charge >= 0.3 is 0 Å². The summed E-state index contributed by atoms with van der Waals surface area (Å²) in [6.45, 7) is 0. The van der Waals surface area contributed by atoms with E-state index in [9.17, 15) is 4.79 Å². The fourth-order valence-electron chi connectivity index (χ4n) is 2.75. The number of H-pyrrole nitrogens is 1. The summed E-state index contributed by atoms with van der Waals surface area (Å²) in [5.41, 5.74) is 10.1. The summed E-state index contributed by atoms with van der Waals surface area (Å²) >= 11 is 0. The molecule has 2 aromatic carbocycles. The number of hydrogen-bond donors (Lipinski definition) is 2. The number of carbonyl (C=O) groups excluding carboxylic acids is 1. The monoisotopic (exact) mass is 287 g/mol. The van der Waals surface area contributed by atoms with Crippen molar-refractivity contribution in [2.45, 2.75) is 0 Å². The van der Waals surface area contributed by atoms with Crippen molar-refractivity contribution >= 4 is 27.8 Å². The van der Waals surface area contributed by atoms with Gasteiger partial charge in [0.2, 0.25) is 0 Å². The molecule has 0 aliphatic carbocycles. The lowest BCUT2D eigenvalue weighted by Crippen LogP contribution is -2.12. The molecule has 1 amide bonds. The number of hydrogen-bond acceptors (Lipinski definition) is 2. The van der Waals surface area contributed by atoms with E-state index >= 15 is 0 Å². The van der Waals surface area contributed by atoms with Gasteiger partial charge < -0.3 is 10.7 Å². The third kappa shape index (κ3) is 1.85. The molecule has 4 aromatic rings. The second-order valence-electron chi connectivity index (χ2n) is 5.18. The lowest BCUT2D eigenvalue weighted by atomic mass is 10.1. The van der Waals surface area contributed by atoms with Crippen molar-refractivity contribution in [3.05, 3.63) is 66.2 Å². The molecule has 2 heterocycles. The van der Waals surface area contributed by atoms with Crippen LogP contribution < -0.4 is 5.73 Å². The molecule has 4 rings (SSSR count). The van der Waals surface area contributed by atoms with Crippen molar-refractivity contribution in [3.63, 3.8) is 0 Å². The van der Waals surface area contributed by atoms with Crippen LogP contribution in [0.2, 0.25) is 0 Å². The predicted molar refractivity (Wildman–Crippen MR) is 87.6 cm³/mol. The Hall–Kier alpha value is -3.14. The Kier molecular flexibility index (Phi) is 2.69. The molecular formula is C18H13N3O. The van der Waals surface area contributed by atoms with Gasteiger partial charge in [-0.1, -0.05) is 48.5 Å². The molecule has 0 atom stereocenters. The molecule has 22 heavy (non-hydrogen) atoms. The fraction of sp³-hybridized carbons (Fsp3) is 0. The topological polar surface area (TPSA) is 71.8 Å². The number of carbonyl (C=O) groups is 1. The zero-order valence-electron chi connectivity index (χ0n) is 11.7. The molecule has 0 spiro atoms. The summed E-state index contributed by atoms with van der Waals surface area (Å²) in [5, 5.41) is 0.984. The second kappa shape index (κ2) is 4.70. The maximum absolute atomic E-state index is 11.8. The van der Waals surface area contributed by atoms with Crippen molar-refractivity contribution < 1.29 is 4.79 Å². The van der Waals surface area contributed by atoms with E-state index in [0.717, 1.165) is 27.7 Å². The first kappa shape index (κ1) is 12.6. The van der Waals surface area contributed by atoms with Gasteiger partial charge in [-0.2, -0.15) is 0 Å². The number of aromatic amines is 1. The lowest BCUT2D eigenvalue weighted by Gasteiger charge is -2.05. The minimum Gasteiger partial charge on any atom is -0.366 e. The summed E-state index contributed by atoms with van der Waals surface area (Å²) in [4.78, 5) is 19.8. The Morgan fingerprint density at radius 1 is 1.00 bits per heavy atom. The molecule has 0 bridgehead atoms. The molecule has 0 fully saturated rings. The van der Waals surface area contributed by atoms with Gasteiger partial charge in [-0.05, 0) is 12.1 Å². The highest BCUT2D eigenvalue weighted by Gasteiger charge is 2.15. The van der Waals surface area contributed by atoms with E-state index in [2.05, 4.69) is 4.98 Å². The van der Waals surface area contributed by atoms with Crippen LogP contribution >= 0.6 is 0 Å². The predicted octanol–water partition coefficient (Wildman–Crippen LogP) is 3.48. The number of amides is 1. The highest BCUT2D eigenvalue weighted by Crippen LogP contribution is 2.29. The van der Waals surface area contributed by atoms with E-state index in [1.807, 2.05) is 54.6 Å². The molecule has 0 unspecified atom stereocenters. The van der Waals surface area contributed by atoms with Gasteiger partial charge in [0.15, 0.2) is 0 Å². The van der Waals surface area contributed by atoms with Crippen LogP contribution in [0.1, 0.15) is 10.4 Å². The molecule has 0 radical (unpaired) electrons. The standard InChI is InChI=1S/C18H13N3O/c19-18(22)13-10-15(11-6-2-1-3-7-11)21-16-12-8-4-5-9-14(12)20-17(13)16/h1-10,20H,(H2,19,22). The van der Waals surface area contributed by atoms with Crippen LogP contribution in [0, 0.1) is 0 Å². The van der Waals surface area contributed by atoms with Gasteiger partial charge in [0, 0.05) is 16.5 Å². The van der Waals surface area contributed by atoms with Crippen molar-refractivity contribution in [1.29, 1.82) is 0 Å². The normalized spacial score (nSPS) is 11.1. The van der Waals surface area contributed by atoms with Crippen LogP contribution in [-0.4, -0.2) is 15.9 Å². The Morgan fingerprint density at radius 2 is 1.73 bits per heavy atom. The summed E-state index contributed by atoms with van der Waals surface area (Å²) < 4.78 is 0. The Labute approximate surface area is 126 Å². The van der Waals surface area contributed by atoms with E-state index in [4.69, 9.17) is 10.7 Å². The van der Waals surface area contributed by atoms with Crippen LogP contribution in [0.4, 0.5) is 0 Å². The summed E-state index contributed by atoms with van der Waals surface area (Å²) in [7, 11) is 0. The highest BCUT2D eigenvalue weighted by molar-refractivity contribution is 6.13. The van der Waals surface area contributed by atoms with Gasteiger partial charge in [-0.25, -0.2) is 4.98 Å². The Bertz CT molecular complexity index is 1000. The number of nitrogens with one attached hydrogen (secondary N) is 1. The second-order valence-corrected chi connectivity index (χ2v) is 5.18. The number of para-hydroxylation sites is 1. The molecule has 0 aliphatic heterocycles. The quantitative estimate of drug-likeness (QED) is 0.592. The van der Waals surface area contributed by atoms with Crippen LogP contribution in [-0.2, 0) is 0 Å². The van der Waals surface area contributed by atoms with Crippen molar-refractivity contribution in [3.8, 4) is 11.3 Å². The Balaban J connectivity index is 2.12. The van der Waals surface area contributed by atoms with E-state index in [1.165, 1.54) is 0 Å². The molecule has 0 aliphatic rings. The molecule has 0 saturated carbocycles. The minimum atomic E-state index is -0.462. The summed E-state index contributed by atoms with van der Waals surface area (Å²) in [6.07, 6.45) is 0. The van der Waals surface area contributed by atoms with E-state index in [-0.39, 0.29) is 0 Å². The number of primary amides is 1. The van der Waals surface area contributed by atoms with Crippen molar-refractivity contribution in [1.82, 2.24) is 9.97 Å². The SMILES string of the molecule is NC(=O)c1cc(-c2ccccc2)nc2c1[nH]c1ccccc12. The number of nitrogens with zero attached hydrogens (tertiary/aromatic N) is 1. The zero-order valence-corrected chi connectivity index (χ0v) is 11.7. The average molecular weight is 287 g/mol. The molecule has 4 nitrogen and oxygen atoms in total. The van der Waals surface area contributed by atoms with E-state index in [1.54, 1.807) is 6.07 Å². The maximum Gasteiger partial charge on any atom is 0.250 e. The molecule has 2 aromatic heterocycles. The number of benzene rings is 2. The number of rotatable bonds is 2. The minimum absolute atomic E-state index is 0.458. The van der Waals surface area contributed by atoms with Gasteiger partial charge in [-0.3, -0.25) is 4.79 Å². The van der Waals surface area contributed by atoms with Crippen LogP contribution in [0.15, 0.2) is 60.7 Å². The average Bonchev–Trinajstić information content (AvgIpc) is 2.93. The third-order valence-corrected chi connectivity index (χ3v) is 3.80. The van der Waals surface area contributed by atoms with Gasteiger partial charge in [0.1, 0.15) is 0 Å². The first-order chi connectivity index (χ1) is 10.7. The van der Waals surface area contributed by atoms with Crippen LogP contribution in [0.3, 0.4) is 0 Å². The smallest absolute Gasteiger partial charge is 0.250 e. The van der Waals surface area contributed by atoms with Crippen LogP contribution in [0.25, 0.3) is 33.2 Å². The van der Waals surface area contributed by atoms with Crippen LogP contribution in [0.5, 0.6) is 0 Å². The molecule has 3 N–H and O–H groups in total. The van der Waals surface area contributed by atoms with Gasteiger partial charge in [0.05, 0.1) is 22.3 Å². The van der Waals surface area contributed by atoms with Crippen molar-refractivity contribution in [2.24, 2.45) is 5.73 Å². The number of fused-ring (bicyclic) bond motifs is 3. The summed E-state index contributed by atoms with van der Waals surface area (Å²) in [5.74, 6) is -0.462. The Morgan fingerprint density at radius 3 is 2.50 bits per heavy atom. The molecule has 0 saturated heterocycles. The molecule has 4 heteroatoms. The zero-order chi connectivity index (χ0) is 15.1. The highest BCUT2D eigenvalue weighted by atomic mass is 16.1. The number of pyridine rings is 1. The van der Waals surface area contributed by atoms with E-state index in [0.29, 0.717) is 11.1 Å². The largest absolute Gasteiger partial charge is 0.366 e. The fourth-order valence-corrected chi connectivity index (χ4v) is 2.75. The first-order valence-corrected chi connectivity index (χ1v) is 7.01.